The first-order valence-corrected chi connectivity index (χ1v) is 18.5. The van der Waals surface area contributed by atoms with Crippen LogP contribution in [0.3, 0.4) is 0 Å². The summed E-state index contributed by atoms with van der Waals surface area (Å²) in [6.07, 6.45) is 0. The Balaban J connectivity index is 1.13. The molecule has 0 fully saturated rings. The molecule has 4 aromatic heterocycles. The first-order chi connectivity index (χ1) is 27.3. The summed E-state index contributed by atoms with van der Waals surface area (Å²) in [6, 6.07) is 61.2. The first kappa shape index (κ1) is 30.0. The highest BCUT2D eigenvalue weighted by atomic mass is 16.3. The number of nitrogens with zero attached hydrogens (tertiary/aromatic N) is 3. The molecule has 0 bridgehead atoms. The number of aromatic nitrogens is 3. The molecule has 0 unspecified atom stereocenters. The van der Waals surface area contributed by atoms with Crippen molar-refractivity contribution in [3.05, 3.63) is 176 Å². The largest absolute Gasteiger partial charge is 0.455 e. The fourth-order valence-electron chi connectivity index (χ4n) is 8.48. The van der Waals surface area contributed by atoms with Gasteiger partial charge in [0.25, 0.3) is 0 Å². The average molecular weight is 704 g/mol. The van der Waals surface area contributed by atoms with Crippen LogP contribution < -0.4 is 0 Å². The summed E-state index contributed by atoms with van der Waals surface area (Å²) in [4.78, 5) is 10.6. The zero-order valence-corrected chi connectivity index (χ0v) is 29.4. The van der Waals surface area contributed by atoms with E-state index in [-0.39, 0.29) is 0 Å². The number of para-hydroxylation sites is 4. The molecule has 8 aromatic carbocycles. The lowest BCUT2D eigenvalue weighted by Gasteiger charge is -2.12. The maximum absolute atomic E-state index is 6.72. The first-order valence-electron chi connectivity index (χ1n) is 18.5. The lowest BCUT2D eigenvalue weighted by Crippen LogP contribution is -2.03. The third-order valence-electron chi connectivity index (χ3n) is 11.0. The molecule has 5 nitrogen and oxygen atoms in total. The minimum Gasteiger partial charge on any atom is -0.455 e. The van der Waals surface area contributed by atoms with Gasteiger partial charge in [-0.2, -0.15) is 0 Å². The third-order valence-corrected chi connectivity index (χ3v) is 11.0. The lowest BCUT2D eigenvalue weighted by atomic mass is 10.00. The quantitative estimate of drug-likeness (QED) is 0.183. The van der Waals surface area contributed by atoms with Crippen molar-refractivity contribution in [2.24, 2.45) is 0 Å². The predicted octanol–water partition coefficient (Wildman–Crippen LogP) is 13.5. The smallest absolute Gasteiger partial charge is 0.235 e. The number of benzene rings is 8. The maximum atomic E-state index is 6.72. The van der Waals surface area contributed by atoms with Crippen molar-refractivity contribution < 1.29 is 8.83 Å². The Kier molecular flexibility index (Phi) is 6.27. The molecule has 0 spiro atoms. The monoisotopic (exact) mass is 703 g/mol. The summed E-state index contributed by atoms with van der Waals surface area (Å²) in [6.45, 7) is 0. The molecule has 0 radical (unpaired) electrons. The van der Waals surface area contributed by atoms with E-state index in [1.54, 1.807) is 0 Å². The standard InChI is InChI=1S/C50H29N3O2/c1-2-11-30(12-3-1)31-21-23-32(24-22-31)47-39-15-4-7-18-41(39)51-50(52-47)53-42-27-25-33(34-16-10-17-37-35-13-5-8-19-44(35)54-48(34)37)29-40(42)46-43(53)28-26-38-36-14-6-9-20-45(36)55-49(38)46/h1-29H. The molecule has 12 aromatic rings. The van der Waals surface area contributed by atoms with Gasteiger partial charge in [-0.3, -0.25) is 4.57 Å². The van der Waals surface area contributed by atoms with E-state index in [2.05, 4.69) is 144 Å². The van der Waals surface area contributed by atoms with Crippen LogP contribution in [0.2, 0.25) is 0 Å². The SMILES string of the molecule is c1ccc(-c2ccc(-c3nc(-n4c5ccc(-c6cccc7c6oc6ccccc67)cc5c5c6oc7ccccc7c6ccc54)nc4ccccc34)cc2)cc1. The second-order valence-electron chi connectivity index (χ2n) is 14.1. The minimum atomic E-state index is 0.600. The van der Waals surface area contributed by atoms with Gasteiger partial charge in [-0.1, -0.05) is 133 Å². The van der Waals surface area contributed by atoms with Gasteiger partial charge in [0.15, 0.2) is 0 Å². The van der Waals surface area contributed by atoms with Gasteiger partial charge in [0.1, 0.15) is 22.3 Å². The Morgan fingerprint density at radius 3 is 1.78 bits per heavy atom. The molecule has 0 aliphatic heterocycles. The van der Waals surface area contributed by atoms with Gasteiger partial charge in [0.2, 0.25) is 5.95 Å². The average Bonchev–Trinajstić information content (AvgIpc) is 3.93. The van der Waals surface area contributed by atoms with Crippen LogP contribution in [-0.4, -0.2) is 14.5 Å². The Bertz CT molecular complexity index is 3480. The molecule has 0 atom stereocenters. The molecule has 0 N–H and O–H groups in total. The number of hydrogen-bond donors (Lipinski definition) is 0. The second kappa shape index (κ2) is 11.5. The van der Waals surface area contributed by atoms with Crippen LogP contribution in [0.15, 0.2) is 185 Å². The summed E-state index contributed by atoms with van der Waals surface area (Å²) in [5.41, 5.74) is 12.7. The van der Waals surface area contributed by atoms with E-state index >= 15 is 0 Å². The van der Waals surface area contributed by atoms with Gasteiger partial charge >= 0.3 is 0 Å². The topological polar surface area (TPSA) is 57.0 Å². The van der Waals surface area contributed by atoms with Crippen molar-refractivity contribution in [1.82, 2.24) is 14.5 Å². The molecule has 0 saturated heterocycles. The summed E-state index contributed by atoms with van der Waals surface area (Å²) in [7, 11) is 0. The van der Waals surface area contributed by atoms with Crippen LogP contribution in [0.1, 0.15) is 0 Å². The second-order valence-corrected chi connectivity index (χ2v) is 14.1. The molecule has 256 valence electrons. The summed E-state index contributed by atoms with van der Waals surface area (Å²) >= 11 is 0. The number of hydrogen-bond acceptors (Lipinski definition) is 4. The van der Waals surface area contributed by atoms with Gasteiger partial charge in [0.05, 0.1) is 27.6 Å². The molecule has 0 aliphatic rings. The summed E-state index contributed by atoms with van der Waals surface area (Å²) < 4.78 is 15.4. The van der Waals surface area contributed by atoms with Gasteiger partial charge in [-0.15, -0.1) is 0 Å². The Labute approximate surface area is 314 Å². The van der Waals surface area contributed by atoms with Crippen LogP contribution in [0, 0.1) is 0 Å². The third kappa shape index (κ3) is 4.47. The molecule has 0 aliphatic carbocycles. The maximum Gasteiger partial charge on any atom is 0.235 e. The van der Waals surface area contributed by atoms with Crippen molar-refractivity contribution in [2.45, 2.75) is 0 Å². The van der Waals surface area contributed by atoms with Crippen molar-refractivity contribution in [3.8, 4) is 39.5 Å². The van der Waals surface area contributed by atoms with Gasteiger partial charge in [-0.25, -0.2) is 9.97 Å². The summed E-state index contributed by atoms with van der Waals surface area (Å²) in [5, 5.41) is 7.45. The minimum absolute atomic E-state index is 0.600. The van der Waals surface area contributed by atoms with E-state index in [0.717, 1.165) is 105 Å². The Hall–Kier alpha value is -7.50. The van der Waals surface area contributed by atoms with Crippen LogP contribution >= 0.6 is 0 Å². The van der Waals surface area contributed by atoms with Crippen LogP contribution in [0.4, 0.5) is 0 Å². The van der Waals surface area contributed by atoms with Gasteiger partial charge < -0.3 is 8.83 Å². The van der Waals surface area contributed by atoms with Crippen molar-refractivity contribution in [2.75, 3.05) is 0 Å². The van der Waals surface area contributed by atoms with Gasteiger partial charge in [0, 0.05) is 43.4 Å². The normalized spacial score (nSPS) is 12.0. The van der Waals surface area contributed by atoms with Crippen LogP contribution in [0.5, 0.6) is 0 Å². The van der Waals surface area contributed by atoms with Crippen LogP contribution in [-0.2, 0) is 0 Å². The van der Waals surface area contributed by atoms with E-state index in [4.69, 9.17) is 18.8 Å². The fourth-order valence-corrected chi connectivity index (χ4v) is 8.48. The number of furan rings is 2. The highest BCUT2D eigenvalue weighted by Crippen LogP contribution is 2.43. The molecule has 0 amide bonds. The number of fused-ring (bicyclic) bond motifs is 11. The highest BCUT2D eigenvalue weighted by Gasteiger charge is 2.22. The van der Waals surface area contributed by atoms with E-state index < -0.39 is 0 Å². The van der Waals surface area contributed by atoms with Crippen molar-refractivity contribution >= 4 is 76.6 Å². The van der Waals surface area contributed by atoms with E-state index in [0.29, 0.717) is 5.95 Å². The Morgan fingerprint density at radius 2 is 0.982 bits per heavy atom. The molecule has 12 rings (SSSR count). The fraction of sp³-hybridized carbons (Fsp3) is 0. The van der Waals surface area contributed by atoms with Crippen molar-refractivity contribution in [3.63, 3.8) is 0 Å². The Morgan fingerprint density at radius 1 is 0.382 bits per heavy atom. The van der Waals surface area contributed by atoms with Crippen LogP contribution in [0.25, 0.3) is 116 Å². The zero-order valence-electron chi connectivity index (χ0n) is 29.4. The van der Waals surface area contributed by atoms with E-state index in [1.807, 2.05) is 36.4 Å². The molecular weight excluding hydrogens is 675 g/mol. The molecule has 5 heteroatoms. The number of rotatable bonds is 4. The van der Waals surface area contributed by atoms with E-state index in [1.165, 1.54) is 5.56 Å². The highest BCUT2D eigenvalue weighted by molar-refractivity contribution is 6.24. The molecule has 55 heavy (non-hydrogen) atoms. The predicted molar refractivity (Wildman–Crippen MR) is 225 cm³/mol. The van der Waals surface area contributed by atoms with Gasteiger partial charge in [-0.05, 0) is 59.2 Å². The summed E-state index contributed by atoms with van der Waals surface area (Å²) in [5.74, 6) is 0.600. The van der Waals surface area contributed by atoms with Crippen molar-refractivity contribution in [1.29, 1.82) is 0 Å². The molecule has 0 saturated carbocycles. The zero-order chi connectivity index (χ0) is 36.0. The molecular formula is C50H29N3O2. The molecule has 4 heterocycles. The van der Waals surface area contributed by atoms with E-state index in [9.17, 15) is 0 Å². The lowest BCUT2D eigenvalue weighted by molar-refractivity contribution is 0.670.